The molecule has 2 aromatic rings. The number of nitrogens with zero attached hydrogens (tertiary/aromatic N) is 2. The Morgan fingerprint density at radius 1 is 1.07 bits per heavy atom. The van der Waals surface area contributed by atoms with Crippen molar-refractivity contribution in [2.24, 2.45) is 11.3 Å². The number of aromatic nitrogens is 1. The lowest BCUT2D eigenvalue weighted by Gasteiger charge is -2.35. The Morgan fingerprint density at radius 3 is 2.49 bits per heavy atom. The number of benzene rings is 1. The first-order valence-electron chi connectivity index (χ1n) is 14.0. The molecule has 0 spiro atoms. The molecular formula is C30H38FN5O5. The average Bonchev–Trinajstić information content (AvgIpc) is 2.94. The van der Waals surface area contributed by atoms with Crippen molar-refractivity contribution >= 4 is 40.7 Å². The normalized spacial score (nSPS) is 26.9. The quantitative estimate of drug-likeness (QED) is 0.452. The molecule has 3 amide bonds. The standard InChI is InChI=1S/C30H38FN5O5/c1-16(2)24-26(37)32-17(3)27(38)36-15-7-8-22(35-36)28(39)41-18(4)21-12-11-20-10-9-19(23(31)25(20)33-21)13-14-30(5,6)29(40)34-24/h9-14,16-18,22,24,35H,7-8,15H2,1-6H3,(H,32,37)(H,34,40)/b14-13+/t17-,18+,22-,24?/m0/s1. The van der Waals surface area contributed by atoms with Gasteiger partial charge in [-0.25, -0.2) is 14.8 Å². The van der Waals surface area contributed by atoms with Crippen LogP contribution in [0.5, 0.6) is 0 Å². The van der Waals surface area contributed by atoms with Gasteiger partial charge in [-0.15, -0.1) is 0 Å². The predicted molar refractivity (Wildman–Crippen MR) is 151 cm³/mol. The molecular weight excluding hydrogens is 529 g/mol. The lowest BCUT2D eigenvalue weighted by atomic mass is 9.89. The summed E-state index contributed by atoms with van der Waals surface area (Å²) < 4.78 is 21.3. The monoisotopic (exact) mass is 567 g/mol. The minimum atomic E-state index is -1.10. The first kappa shape index (κ1) is 30.1. The number of pyridine rings is 1. The van der Waals surface area contributed by atoms with Crippen molar-refractivity contribution in [3.05, 3.63) is 47.4 Å². The highest BCUT2D eigenvalue weighted by molar-refractivity contribution is 5.94. The molecule has 0 radical (unpaired) electrons. The number of esters is 1. The maximum atomic E-state index is 15.6. The Bertz CT molecular complexity index is 1390. The summed E-state index contributed by atoms with van der Waals surface area (Å²) in [6.07, 6.45) is 3.30. The number of hydrazine groups is 1. The maximum Gasteiger partial charge on any atom is 0.325 e. The summed E-state index contributed by atoms with van der Waals surface area (Å²) in [7, 11) is 0. The SMILES string of the molecule is CC(C)C1NC(=O)C(C)(C)/C=C/c2ccc3ccc(nc3c2F)[C@@H](C)OC(=O)[C@@H]2CCCN(N2)C(=O)[C@H](C)NC1=O. The van der Waals surface area contributed by atoms with Crippen LogP contribution in [-0.4, -0.2) is 58.4 Å². The molecule has 1 aromatic heterocycles. The summed E-state index contributed by atoms with van der Waals surface area (Å²) in [6, 6.07) is 4.09. The molecule has 2 aliphatic heterocycles. The van der Waals surface area contributed by atoms with Crippen LogP contribution in [0.4, 0.5) is 4.39 Å². The van der Waals surface area contributed by atoms with Gasteiger partial charge in [-0.2, -0.15) is 0 Å². The molecule has 41 heavy (non-hydrogen) atoms. The number of cyclic esters (lactones) is 1. The molecule has 1 fully saturated rings. The summed E-state index contributed by atoms with van der Waals surface area (Å²) in [5, 5.41) is 7.38. The van der Waals surface area contributed by atoms with E-state index in [0.717, 1.165) is 0 Å². The molecule has 5 bridgehead atoms. The number of halogens is 1. The number of hydrogen-bond donors (Lipinski definition) is 3. The van der Waals surface area contributed by atoms with Gasteiger partial charge < -0.3 is 15.4 Å². The van der Waals surface area contributed by atoms with E-state index in [2.05, 4.69) is 21.0 Å². The fourth-order valence-corrected chi connectivity index (χ4v) is 4.81. The number of ether oxygens (including phenoxy) is 1. The number of amides is 3. The van der Waals surface area contributed by atoms with Crippen LogP contribution in [0.25, 0.3) is 17.0 Å². The highest BCUT2D eigenvalue weighted by Crippen LogP contribution is 2.27. The van der Waals surface area contributed by atoms with Crippen LogP contribution in [0.3, 0.4) is 0 Å². The molecule has 2 aliphatic rings. The fourth-order valence-electron chi connectivity index (χ4n) is 4.81. The second-order valence-corrected chi connectivity index (χ2v) is 11.6. The average molecular weight is 568 g/mol. The van der Waals surface area contributed by atoms with Gasteiger partial charge in [0.25, 0.3) is 5.91 Å². The molecule has 10 nitrogen and oxygen atoms in total. The van der Waals surface area contributed by atoms with Crippen LogP contribution in [0, 0.1) is 17.2 Å². The molecule has 11 heteroatoms. The summed E-state index contributed by atoms with van der Waals surface area (Å²) in [6.45, 7) is 10.5. The molecule has 4 rings (SSSR count). The highest BCUT2D eigenvalue weighted by atomic mass is 19.1. The largest absolute Gasteiger partial charge is 0.455 e. The molecule has 4 atom stereocenters. The molecule has 3 heterocycles. The van der Waals surface area contributed by atoms with E-state index in [1.807, 2.05) is 0 Å². The second-order valence-electron chi connectivity index (χ2n) is 11.6. The van der Waals surface area contributed by atoms with Gasteiger partial charge in [0.2, 0.25) is 11.8 Å². The van der Waals surface area contributed by atoms with E-state index in [0.29, 0.717) is 30.5 Å². The first-order valence-corrected chi connectivity index (χ1v) is 14.0. The summed E-state index contributed by atoms with van der Waals surface area (Å²) in [4.78, 5) is 57.2. The van der Waals surface area contributed by atoms with Gasteiger partial charge in [0, 0.05) is 17.5 Å². The van der Waals surface area contributed by atoms with Crippen molar-refractivity contribution in [2.45, 2.75) is 78.6 Å². The van der Waals surface area contributed by atoms with E-state index in [4.69, 9.17) is 4.74 Å². The minimum Gasteiger partial charge on any atom is -0.455 e. The Morgan fingerprint density at radius 2 is 1.78 bits per heavy atom. The van der Waals surface area contributed by atoms with Gasteiger partial charge in [-0.3, -0.25) is 24.2 Å². The molecule has 3 N–H and O–H groups in total. The zero-order valence-electron chi connectivity index (χ0n) is 24.3. The fraction of sp³-hybridized carbons (Fsp3) is 0.500. The molecule has 1 saturated heterocycles. The second kappa shape index (κ2) is 11.9. The number of hydrogen-bond acceptors (Lipinski definition) is 7. The highest BCUT2D eigenvalue weighted by Gasteiger charge is 2.35. The van der Waals surface area contributed by atoms with E-state index < -0.39 is 59.2 Å². The molecule has 0 aliphatic carbocycles. The van der Waals surface area contributed by atoms with Crippen LogP contribution in [0.15, 0.2) is 30.3 Å². The number of carbonyl (C=O) groups is 4. The van der Waals surface area contributed by atoms with E-state index in [9.17, 15) is 19.2 Å². The van der Waals surface area contributed by atoms with Crippen molar-refractivity contribution < 1.29 is 28.3 Å². The topological polar surface area (TPSA) is 130 Å². The minimum absolute atomic E-state index is 0.110. The van der Waals surface area contributed by atoms with E-state index in [1.54, 1.807) is 71.9 Å². The van der Waals surface area contributed by atoms with E-state index in [1.165, 1.54) is 11.1 Å². The molecule has 1 unspecified atom stereocenters. The Hall–Kier alpha value is -3.86. The summed E-state index contributed by atoms with van der Waals surface area (Å²) in [5.74, 6) is -2.79. The van der Waals surface area contributed by atoms with E-state index >= 15 is 4.39 Å². The van der Waals surface area contributed by atoms with Crippen molar-refractivity contribution in [2.75, 3.05) is 6.54 Å². The predicted octanol–water partition coefficient (Wildman–Crippen LogP) is 3.17. The lowest BCUT2D eigenvalue weighted by molar-refractivity contribution is -0.157. The third kappa shape index (κ3) is 6.56. The van der Waals surface area contributed by atoms with Gasteiger partial charge in [-0.05, 0) is 52.5 Å². The van der Waals surface area contributed by atoms with Gasteiger partial charge in [-0.1, -0.05) is 44.2 Å². The molecule has 0 saturated carbocycles. The molecule has 1 aromatic carbocycles. The Labute approximate surface area is 239 Å². The van der Waals surface area contributed by atoms with Gasteiger partial charge >= 0.3 is 5.97 Å². The van der Waals surface area contributed by atoms with Crippen LogP contribution in [0.2, 0.25) is 0 Å². The number of rotatable bonds is 1. The van der Waals surface area contributed by atoms with Gasteiger partial charge in [0.1, 0.15) is 29.7 Å². The lowest BCUT2D eigenvalue weighted by Crippen LogP contribution is -2.61. The smallest absolute Gasteiger partial charge is 0.325 e. The summed E-state index contributed by atoms with van der Waals surface area (Å²) >= 11 is 0. The zero-order chi connectivity index (χ0) is 30.1. The van der Waals surface area contributed by atoms with Crippen LogP contribution < -0.4 is 16.1 Å². The van der Waals surface area contributed by atoms with Gasteiger partial charge in [0.05, 0.1) is 11.1 Å². The van der Waals surface area contributed by atoms with Crippen LogP contribution in [-0.2, 0) is 23.9 Å². The van der Waals surface area contributed by atoms with E-state index in [-0.39, 0.29) is 17.0 Å². The Kier molecular flexibility index (Phi) is 8.77. The van der Waals surface area contributed by atoms with Crippen LogP contribution in [0.1, 0.15) is 71.7 Å². The van der Waals surface area contributed by atoms with Crippen LogP contribution >= 0.6 is 0 Å². The van der Waals surface area contributed by atoms with Gasteiger partial charge in [0.15, 0.2) is 5.82 Å². The third-order valence-electron chi connectivity index (χ3n) is 7.53. The first-order chi connectivity index (χ1) is 19.3. The Balaban J connectivity index is 1.74. The van der Waals surface area contributed by atoms with Crippen molar-refractivity contribution in [3.63, 3.8) is 0 Å². The summed E-state index contributed by atoms with van der Waals surface area (Å²) in [5.41, 5.74) is 2.54. The number of nitrogens with one attached hydrogen (secondary N) is 3. The zero-order valence-corrected chi connectivity index (χ0v) is 24.3. The van der Waals surface area contributed by atoms with Crippen molar-refractivity contribution in [3.8, 4) is 0 Å². The van der Waals surface area contributed by atoms with Crippen molar-refractivity contribution in [1.82, 2.24) is 26.1 Å². The third-order valence-corrected chi connectivity index (χ3v) is 7.53. The maximum absolute atomic E-state index is 15.6. The number of fused-ring (bicyclic) bond motifs is 4. The van der Waals surface area contributed by atoms with Crippen molar-refractivity contribution in [1.29, 1.82) is 0 Å². The molecule has 220 valence electrons. The number of carbonyl (C=O) groups excluding carboxylic acids is 4.